The predicted molar refractivity (Wildman–Crippen MR) is 69.7 cm³/mol. The first-order valence-corrected chi connectivity index (χ1v) is 6.76. The highest BCUT2D eigenvalue weighted by atomic mass is 79.9. The van der Waals surface area contributed by atoms with Crippen molar-refractivity contribution >= 4 is 21.8 Å². The lowest BCUT2D eigenvalue weighted by atomic mass is 9.82. The number of hydrogen-bond donors (Lipinski definition) is 1. The molecule has 0 spiro atoms. The van der Waals surface area contributed by atoms with Crippen LogP contribution in [-0.2, 0) is 0 Å². The molecular formula is C13H14BrF2NO2. The molecule has 2 rings (SSSR count). The van der Waals surface area contributed by atoms with E-state index in [9.17, 15) is 18.7 Å². The molecule has 1 aliphatic rings. The van der Waals surface area contributed by atoms with Gasteiger partial charge in [0.1, 0.15) is 17.2 Å². The molecule has 0 radical (unpaired) electrons. The number of aliphatic hydroxyl groups is 1. The zero-order chi connectivity index (χ0) is 14.2. The first kappa shape index (κ1) is 14.4. The van der Waals surface area contributed by atoms with Crippen LogP contribution in [0.15, 0.2) is 16.6 Å². The average molecular weight is 334 g/mol. The normalized spacial score (nSPS) is 21.9. The summed E-state index contributed by atoms with van der Waals surface area (Å²) >= 11 is 2.97. The van der Waals surface area contributed by atoms with E-state index in [1.54, 1.807) is 0 Å². The summed E-state index contributed by atoms with van der Waals surface area (Å²) < 4.78 is 27.6. The van der Waals surface area contributed by atoms with Crippen LogP contribution in [0.2, 0.25) is 0 Å². The molecule has 1 N–H and O–H groups in total. The number of hydrogen-bond acceptors (Lipinski definition) is 2. The smallest absolute Gasteiger partial charge is 0.259 e. The molecule has 1 fully saturated rings. The SMILES string of the molecule is CN(CC1CC(O)C1)C(=O)c1c(F)cc(Br)cc1F. The van der Waals surface area contributed by atoms with E-state index >= 15 is 0 Å². The van der Waals surface area contributed by atoms with Gasteiger partial charge < -0.3 is 10.0 Å². The van der Waals surface area contributed by atoms with E-state index in [1.165, 1.54) is 11.9 Å². The number of rotatable bonds is 3. The molecule has 0 unspecified atom stereocenters. The number of carbonyl (C=O) groups is 1. The fourth-order valence-electron chi connectivity index (χ4n) is 2.26. The summed E-state index contributed by atoms with van der Waals surface area (Å²) in [5.74, 6) is -2.23. The molecule has 0 saturated heterocycles. The highest BCUT2D eigenvalue weighted by molar-refractivity contribution is 9.10. The van der Waals surface area contributed by atoms with E-state index in [1.807, 2.05) is 0 Å². The minimum Gasteiger partial charge on any atom is -0.393 e. The van der Waals surface area contributed by atoms with Crippen molar-refractivity contribution in [1.29, 1.82) is 0 Å². The molecule has 3 nitrogen and oxygen atoms in total. The van der Waals surface area contributed by atoms with Crippen LogP contribution >= 0.6 is 15.9 Å². The molecule has 0 heterocycles. The van der Waals surface area contributed by atoms with Gasteiger partial charge in [0, 0.05) is 18.1 Å². The van der Waals surface area contributed by atoms with Crippen molar-refractivity contribution in [3.05, 3.63) is 33.8 Å². The maximum Gasteiger partial charge on any atom is 0.259 e. The summed E-state index contributed by atoms with van der Waals surface area (Å²) in [6, 6.07) is 2.13. The minimum absolute atomic E-state index is 0.200. The lowest BCUT2D eigenvalue weighted by Gasteiger charge is -2.34. The summed E-state index contributed by atoms with van der Waals surface area (Å²) in [6.45, 7) is 0.394. The quantitative estimate of drug-likeness (QED) is 0.923. The Hall–Kier alpha value is -1.01. The Morgan fingerprint density at radius 3 is 2.42 bits per heavy atom. The highest BCUT2D eigenvalue weighted by Crippen LogP contribution is 2.28. The van der Waals surface area contributed by atoms with Gasteiger partial charge in [-0.2, -0.15) is 0 Å². The van der Waals surface area contributed by atoms with Gasteiger partial charge in [-0.25, -0.2) is 8.78 Å². The Labute approximate surface area is 118 Å². The van der Waals surface area contributed by atoms with Gasteiger partial charge in [-0.05, 0) is 30.9 Å². The molecule has 19 heavy (non-hydrogen) atoms. The second-order valence-electron chi connectivity index (χ2n) is 4.92. The van der Waals surface area contributed by atoms with Gasteiger partial charge in [0.25, 0.3) is 5.91 Å². The van der Waals surface area contributed by atoms with Crippen molar-refractivity contribution in [2.45, 2.75) is 18.9 Å². The van der Waals surface area contributed by atoms with Crippen LogP contribution in [0, 0.1) is 17.6 Å². The number of halogens is 3. The molecule has 1 aromatic carbocycles. The van der Waals surface area contributed by atoms with Gasteiger partial charge in [0.15, 0.2) is 0 Å². The van der Waals surface area contributed by atoms with Crippen LogP contribution < -0.4 is 0 Å². The second-order valence-corrected chi connectivity index (χ2v) is 5.84. The molecule has 1 aliphatic carbocycles. The molecule has 104 valence electrons. The van der Waals surface area contributed by atoms with Crippen molar-refractivity contribution in [2.75, 3.05) is 13.6 Å². The van der Waals surface area contributed by atoms with Gasteiger partial charge in [-0.15, -0.1) is 0 Å². The number of aliphatic hydroxyl groups excluding tert-OH is 1. The fraction of sp³-hybridized carbons (Fsp3) is 0.462. The van der Waals surface area contributed by atoms with E-state index in [0.717, 1.165) is 12.1 Å². The topological polar surface area (TPSA) is 40.5 Å². The summed E-state index contributed by atoms with van der Waals surface area (Å²) in [5, 5.41) is 9.18. The first-order chi connectivity index (χ1) is 8.88. The highest BCUT2D eigenvalue weighted by Gasteiger charge is 2.30. The maximum absolute atomic E-state index is 13.7. The molecule has 1 aromatic rings. The van der Waals surface area contributed by atoms with E-state index < -0.39 is 23.1 Å². The Morgan fingerprint density at radius 2 is 1.95 bits per heavy atom. The molecule has 0 atom stereocenters. The summed E-state index contributed by atoms with van der Waals surface area (Å²) in [5.41, 5.74) is -0.537. The van der Waals surface area contributed by atoms with Crippen LogP contribution in [0.4, 0.5) is 8.78 Å². The van der Waals surface area contributed by atoms with Crippen LogP contribution in [-0.4, -0.2) is 35.6 Å². The molecule has 0 aromatic heterocycles. The van der Waals surface area contributed by atoms with E-state index in [-0.39, 0.29) is 16.5 Å². The fourth-order valence-corrected chi connectivity index (χ4v) is 2.66. The molecule has 0 bridgehead atoms. The molecule has 6 heteroatoms. The van der Waals surface area contributed by atoms with Crippen molar-refractivity contribution < 1.29 is 18.7 Å². The Morgan fingerprint density at radius 1 is 1.42 bits per heavy atom. The van der Waals surface area contributed by atoms with Crippen LogP contribution in [0.1, 0.15) is 23.2 Å². The van der Waals surface area contributed by atoms with Gasteiger partial charge in [-0.1, -0.05) is 15.9 Å². The predicted octanol–water partition coefficient (Wildman–Crippen LogP) is 2.57. The van der Waals surface area contributed by atoms with Gasteiger partial charge in [0.2, 0.25) is 0 Å². The molecule has 1 amide bonds. The molecule has 1 saturated carbocycles. The lowest BCUT2D eigenvalue weighted by Crippen LogP contribution is -2.40. The number of amides is 1. The van der Waals surface area contributed by atoms with Crippen LogP contribution in [0.25, 0.3) is 0 Å². The lowest BCUT2D eigenvalue weighted by molar-refractivity contribution is 0.0263. The van der Waals surface area contributed by atoms with Crippen LogP contribution in [0.5, 0.6) is 0 Å². The van der Waals surface area contributed by atoms with Gasteiger partial charge >= 0.3 is 0 Å². The monoisotopic (exact) mass is 333 g/mol. The van der Waals surface area contributed by atoms with Crippen molar-refractivity contribution in [1.82, 2.24) is 4.90 Å². The maximum atomic E-state index is 13.7. The third-order valence-corrected chi connectivity index (χ3v) is 3.77. The summed E-state index contributed by atoms with van der Waals surface area (Å²) in [7, 11) is 1.51. The Balaban J connectivity index is 2.10. The number of carbonyl (C=O) groups excluding carboxylic acids is 1. The third-order valence-electron chi connectivity index (χ3n) is 3.31. The van der Waals surface area contributed by atoms with Gasteiger partial charge in [0.05, 0.1) is 6.10 Å². The zero-order valence-corrected chi connectivity index (χ0v) is 12.0. The first-order valence-electron chi connectivity index (χ1n) is 5.96. The largest absolute Gasteiger partial charge is 0.393 e. The summed E-state index contributed by atoms with van der Waals surface area (Å²) in [6.07, 6.45) is 0.945. The van der Waals surface area contributed by atoms with E-state index in [2.05, 4.69) is 15.9 Å². The average Bonchev–Trinajstić information content (AvgIpc) is 2.25. The second kappa shape index (κ2) is 5.54. The van der Waals surface area contributed by atoms with Crippen molar-refractivity contribution in [3.63, 3.8) is 0 Å². The standard InChI is InChI=1S/C13H14BrF2NO2/c1-17(6-7-2-9(18)3-7)13(19)12-10(15)4-8(14)5-11(12)16/h4-5,7,9,18H,2-3,6H2,1H3. The van der Waals surface area contributed by atoms with Gasteiger partial charge in [-0.3, -0.25) is 4.79 Å². The van der Waals surface area contributed by atoms with E-state index in [0.29, 0.717) is 19.4 Å². The number of benzene rings is 1. The minimum atomic E-state index is -0.877. The van der Waals surface area contributed by atoms with E-state index in [4.69, 9.17) is 0 Å². The Kier molecular flexibility index (Phi) is 4.20. The van der Waals surface area contributed by atoms with Crippen LogP contribution in [0.3, 0.4) is 0 Å². The molecular weight excluding hydrogens is 320 g/mol. The number of nitrogens with zero attached hydrogens (tertiary/aromatic N) is 1. The van der Waals surface area contributed by atoms with Crippen molar-refractivity contribution in [3.8, 4) is 0 Å². The summed E-state index contributed by atoms with van der Waals surface area (Å²) in [4.78, 5) is 13.3. The Bertz CT molecular complexity index is 480. The molecule has 0 aliphatic heterocycles. The third kappa shape index (κ3) is 3.12. The van der Waals surface area contributed by atoms with Crippen molar-refractivity contribution in [2.24, 2.45) is 5.92 Å². The zero-order valence-electron chi connectivity index (χ0n) is 10.4.